The first-order valence-corrected chi connectivity index (χ1v) is 9.51. The number of amides is 4. The van der Waals surface area contributed by atoms with Crippen LogP contribution in [0.4, 0.5) is 4.79 Å². The molecule has 1 aliphatic rings. The average Bonchev–Trinajstić information content (AvgIpc) is 2.96. The molecule has 2 aromatic rings. The lowest BCUT2D eigenvalue weighted by Gasteiger charge is -2.22. The van der Waals surface area contributed by atoms with Crippen molar-refractivity contribution in [2.24, 2.45) is 0 Å². The van der Waals surface area contributed by atoms with Crippen LogP contribution < -0.4 is 15.4 Å². The Balaban J connectivity index is 1.53. The number of nitrogens with zero attached hydrogens (tertiary/aromatic N) is 2. The van der Waals surface area contributed by atoms with E-state index in [1.54, 1.807) is 55.5 Å². The van der Waals surface area contributed by atoms with E-state index in [-0.39, 0.29) is 13.2 Å². The van der Waals surface area contributed by atoms with E-state index in [2.05, 4.69) is 10.6 Å². The number of imide groups is 1. The fourth-order valence-corrected chi connectivity index (χ4v) is 3.13. The van der Waals surface area contributed by atoms with Gasteiger partial charge in [0.15, 0.2) is 0 Å². The van der Waals surface area contributed by atoms with Gasteiger partial charge in [0, 0.05) is 5.02 Å². The van der Waals surface area contributed by atoms with Gasteiger partial charge in [-0.1, -0.05) is 23.7 Å². The topological polar surface area (TPSA) is 112 Å². The van der Waals surface area contributed by atoms with E-state index < -0.39 is 29.9 Å². The first-order valence-electron chi connectivity index (χ1n) is 9.13. The van der Waals surface area contributed by atoms with Crippen molar-refractivity contribution in [3.8, 4) is 11.8 Å². The number of ether oxygens (including phenoxy) is 1. The molecule has 1 fully saturated rings. The number of nitriles is 1. The van der Waals surface area contributed by atoms with E-state index >= 15 is 0 Å². The number of halogens is 1. The summed E-state index contributed by atoms with van der Waals surface area (Å²) >= 11 is 5.80. The first-order chi connectivity index (χ1) is 14.3. The molecule has 1 saturated heterocycles. The molecule has 1 atom stereocenters. The molecule has 2 N–H and O–H groups in total. The van der Waals surface area contributed by atoms with Crippen molar-refractivity contribution < 1.29 is 19.1 Å². The van der Waals surface area contributed by atoms with E-state index in [9.17, 15) is 14.4 Å². The van der Waals surface area contributed by atoms with Crippen molar-refractivity contribution in [2.75, 3.05) is 19.7 Å². The molecule has 4 amide bonds. The summed E-state index contributed by atoms with van der Waals surface area (Å²) in [6.07, 6.45) is 0. The highest BCUT2D eigenvalue weighted by Gasteiger charge is 2.49. The zero-order chi connectivity index (χ0) is 21.7. The molecule has 0 spiro atoms. The Morgan fingerprint density at radius 2 is 1.87 bits per heavy atom. The van der Waals surface area contributed by atoms with Gasteiger partial charge < -0.3 is 15.4 Å². The number of rotatable bonds is 7. The fraction of sp³-hybridized carbons (Fsp3) is 0.238. The van der Waals surface area contributed by atoms with Crippen molar-refractivity contribution in [3.05, 3.63) is 64.7 Å². The van der Waals surface area contributed by atoms with Crippen LogP contribution >= 0.6 is 11.6 Å². The minimum atomic E-state index is -1.30. The fourth-order valence-electron chi connectivity index (χ4n) is 3.00. The lowest BCUT2D eigenvalue weighted by Crippen LogP contribution is -2.43. The zero-order valence-electron chi connectivity index (χ0n) is 16.1. The third-order valence-electron chi connectivity index (χ3n) is 4.67. The molecule has 0 aromatic heterocycles. The third kappa shape index (κ3) is 4.53. The second kappa shape index (κ2) is 8.84. The van der Waals surface area contributed by atoms with Crippen molar-refractivity contribution in [1.29, 1.82) is 5.26 Å². The highest BCUT2D eigenvalue weighted by Crippen LogP contribution is 2.28. The van der Waals surface area contributed by atoms with E-state index in [1.807, 2.05) is 6.07 Å². The number of hydrogen-bond acceptors (Lipinski definition) is 5. The van der Waals surface area contributed by atoms with Crippen LogP contribution in [0.15, 0.2) is 48.5 Å². The highest BCUT2D eigenvalue weighted by atomic mass is 35.5. The van der Waals surface area contributed by atoms with E-state index in [4.69, 9.17) is 21.6 Å². The SMILES string of the molecule is CC1(c2ccc(C#N)cc2)NC(=O)N(CC(=O)NCCOc2ccc(Cl)cc2)C1=O. The van der Waals surface area contributed by atoms with Crippen molar-refractivity contribution in [1.82, 2.24) is 15.5 Å². The molecule has 0 radical (unpaired) electrons. The Hall–Kier alpha value is -3.57. The molecule has 154 valence electrons. The maximum Gasteiger partial charge on any atom is 0.325 e. The van der Waals surface area contributed by atoms with Gasteiger partial charge in [0.05, 0.1) is 18.2 Å². The molecule has 1 heterocycles. The van der Waals surface area contributed by atoms with Crippen LogP contribution in [0.2, 0.25) is 5.02 Å². The van der Waals surface area contributed by atoms with Gasteiger partial charge in [-0.05, 0) is 48.9 Å². The number of benzene rings is 2. The van der Waals surface area contributed by atoms with Gasteiger partial charge in [-0.3, -0.25) is 14.5 Å². The zero-order valence-corrected chi connectivity index (χ0v) is 16.9. The standard InChI is InChI=1S/C21H19ClN4O4/c1-21(15-4-2-14(12-23)3-5-15)19(28)26(20(29)25-21)13-18(27)24-10-11-30-17-8-6-16(22)7-9-17/h2-9H,10-11,13H2,1H3,(H,24,27)(H,25,29). The number of urea groups is 1. The van der Waals surface area contributed by atoms with Crippen molar-refractivity contribution in [3.63, 3.8) is 0 Å². The lowest BCUT2D eigenvalue weighted by molar-refractivity contribution is -0.134. The lowest BCUT2D eigenvalue weighted by atomic mass is 9.91. The second-order valence-electron chi connectivity index (χ2n) is 6.79. The maximum absolute atomic E-state index is 12.8. The van der Waals surface area contributed by atoms with Gasteiger partial charge in [0.25, 0.3) is 5.91 Å². The second-order valence-corrected chi connectivity index (χ2v) is 7.22. The monoisotopic (exact) mass is 426 g/mol. The van der Waals surface area contributed by atoms with Gasteiger partial charge >= 0.3 is 6.03 Å². The molecule has 8 nitrogen and oxygen atoms in total. The van der Waals surface area contributed by atoms with Crippen LogP contribution in [0.25, 0.3) is 0 Å². The average molecular weight is 427 g/mol. The van der Waals surface area contributed by atoms with Crippen molar-refractivity contribution >= 4 is 29.4 Å². The normalized spacial score (nSPS) is 18.0. The summed E-state index contributed by atoms with van der Waals surface area (Å²) in [6.45, 7) is 1.58. The Labute approximate surface area is 178 Å². The van der Waals surface area contributed by atoms with Crippen LogP contribution in [-0.4, -0.2) is 42.4 Å². The van der Waals surface area contributed by atoms with Crippen LogP contribution in [0.1, 0.15) is 18.1 Å². The van der Waals surface area contributed by atoms with Crippen LogP contribution in [0.5, 0.6) is 5.75 Å². The van der Waals surface area contributed by atoms with Gasteiger partial charge in [-0.25, -0.2) is 4.79 Å². The number of carbonyl (C=O) groups is 3. The van der Waals surface area contributed by atoms with E-state index in [1.165, 1.54) is 0 Å². The maximum atomic E-state index is 12.8. The predicted octanol–water partition coefficient (Wildman–Crippen LogP) is 2.17. The van der Waals surface area contributed by atoms with Gasteiger partial charge in [0.2, 0.25) is 5.91 Å². The van der Waals surface area contributed by atoms with Crippen LogP contribution in [-0.2, 0) is 15.1 Å². The number of nitrogens with one attached hydrogen (secondary N) is 2. The minimum Gasteiger partial charge on any atom is -0.492 e. The van der Waals surface area contributed by atoms with Gasteiger partial charge in [0.1, 0.15) is 24.4 Å². The molecule has 30 heavy (non-hydrogen) atoms. The molecule has 1 aliphatic heterocycles. The highest BCUT2D eigenvalue weighted by molar-refractivity contribution is 6.30. The molecule has 3 rings (SSSR count). The summed E-state index contributed by atoms with van der Waals surface area (Å²) < 4.78 is 5.48. The molecule has 0 saturated carbocycles. The smallest absolute Gasteiger partial charge is 0.325 e. The summed E-state index contributed by atoms with van der Waals surface area (Å²) in [7, 11) is 0. The number of carbonyl (C=O) groups excluding carboxylic acids is 3. The summed E-state index contributed by atoms with van der Waals surface area (Å²) in [6, 6.07) is 14.5. The molecule has 0 bridgehead atoms. The van der Waals surface area contributed by atoms with Gasteiger partial charge in [-0.2, -0.15) is 5.26 Å². The summed E-state index contributed by atoms with van der Waals surface area (Å²) in [5.74, 6) is -0.409. The quantitative estimate of drug-likeness (QED) is 0.520. The van der Waals surface area contributed by atoms with E-state index in [0.29, 0.717) is 21.9 Å². The summed E-state index contributed by atoms with van der Waals surface area (Å²) in [5, 5.41) is 14.7. The molecular weight excluding hydrogens is 408 g/mol. The predicted molar refractivity (Wildman–Crippen MR) is 109 cm³/mol. The Morgan fingerprint density at radius 1 is 1.20 bits per heavy atom. The van der Waals surface area contributed by atoms with Crippen molar-refractivity contribution in [2.45, 2.75) is 12.5 Å². The molecule has 1 unspecified atom stereocenters. The molecule has 2 aromatic carbocycles. The Morgan fingerprint density at radius 3 is 2.50 bits per heavy atom. The number of hydrogen-bond donors (Lipinski definition) is 2. The first kappa shape index (κ1) is 21.1. The molecular formula is C21H19ClN4O4. The minimum absolute atomic E-state index is 0.206. The summed E-state index contributed by atoms with van der Waals surface area (Å²) in [4.78, 5) is 38.2. The Bertz CT molecular complexity index is 1000. The van der Waals surface area contributed by atoms with Crippen LogP contribution in [0, 0.1) is 11.3 Å². The molecule has 0 aliphatic carbocycles. The molecule has 9 heteroatoms. The summed E-state index contributed by atoms with van der Waals surface area (Å²) in [5.41, 5.74) is -0.335. The third-order valence-corrected chi connectivity index (χ3v) is 4.93. The Kier molecular flexibility index (Phi) is 6.23. The largest absolute Gasteiger partial charge is 0.492 e. The van der Waals surface area contributed by atoms with Crippen LogP contribution in [0.3, 0.4) is 0 Å². The van der Waals surface area contributed by atoms with Gasteiger partial charge in [-0.15, -0.1) is 0 Å². The van der Waals surface area contributed by atoms with E-state index in [0.717, 1.165) is 4.90 Å².